The molecule has 74 valence electrons. The van der Waals surface area contributed by atoms with Crippen LogP contribution in [-0.2, 0) is 0 Å². The summed E-state index contributed by atoms with van der Waals surface area (Å²) >= 11 is 33.8. The Morgan fingerprint density at radius 1 is 1.31 bits per heavy atom. The van der Waals surface area contributed by atoms with Crippen LogP contribution in [0.25, 0.3) is 0 Å². The average molecular weight is 303 g/mol. The van der Waals surface area contributed by atoms with E-state index in [2.05, 4.69) is 10.3 Å². The van der Waals surface area contributed by atoms with Crippen LogP contribution < -0.4 is 5.32 Å². The molecule has 1 aliphatic heterocycles. The summed E-state index contributed by atoms with van der Waals surface area (Å²) in [7, 11) is 0. The zero-order valence-corrected chi connectivity index (χ0v) is 10.3. The van der Waals surface area contributed by atoms with Gasteiger partial charge in [-0.2, -0.15) is 0 Å². The van der Waals surface area contributed by atoms with Crippen molar-refractivity contribution in [1.29, 1.82) is 0 Å². The van der Waals surface area contributed by atoms with E-state index in [1.165, 1.54) is 6.21 Å². The molecule has 1 aliphatic rings. The largest absolute Gasteiger partial charge is 0.334 e. The van der Waals surface area contributed by atoms with Crippen LogP contribution in [0.3, 0.4) is 0 Å². The number of alkyl halides is 4. The van der Waals surface area contributed by atoms with Gasteiger partial charge in [0.05, 0.1) is 5.03 Å². The number of allylic oxidation sites excluding steroid dienone is 1. The van der Waals surface area contributed by atoms with Crippen LogP contribution in [0.5, 0.6) is 0 Å². The molecule has 0 radical (unpaired) electrons. The van der Waals surface area contributed by atoms with Gasteiger partial charge in [0.15, 0.2) is 0 Å². The molecule has 1 unspecified atom stereocenters. The molecule has 1 rings (SSSR count). The molecular weight excluding hydrogens is 301 g/mol. The van der Waals surface area contributed by atoms with Gasteiger partial charge in [0.2, 0.25) is 3.79 Å². The predicted molar refractivity (Wildman–Crippen MR) is 59.2 cm³/mol. The number of rotatable bonds is 0. The van der Waals surface area contributed by atoms with Gasteiger partial charge >= 0.3 is 0 Å². The van der Waals surface area contributed by atoms with Gasteiger partial charge in [-0.15, -0.1) is 0 Å². The summed E-state index contributed by atoms with van der Waals surface area (Å²) in [5.41, 5.74) is 0. The summed E-state index contributed by atoms with van der Waals surface area (Å²) in [4.78, 5) is 3.72. The second-order valence-electron chi connectivity index (χ2n) is 2.16. The summed E-state index contributed by atoms with van der Waals surface area (Å²) in [6.07, 6.45) is 1.22. The molecule has 2 nitrogen and oxygen atoms in total. The van der Waals surface area contributed by atoms with Crippen LogP contribution >= 0.6 is 69.6 Å². The van der Waals surface area contributed by atoms with E-state index in [9.17, 15) is 0 Å². The van der Waals surface area contributed by atoms with Crippen LogP contribution in [0, 0.1) is 0 Å². The van der Waals surface area contributed by atoms with E-state index < -0.39 is 8.91 Å². The molecule has 13 heavy (non-hydrogen) atoms. The third-order valence-electron chi connectivity index (χ3n) is 1.22. The molecule has 0 aromatic carbocycles. The van der Waals surface area contributed by atoms with E-state index in [-0.39, 0.29) is 10.2 Å². The van der Waals surface area contributed by atoms with Crippen molar-refractivity contribution >= 4 is 75.8 Å². The molecule has 0 spiro atoms. The first-order chi connectivity index (χ1) is 5.76. The zero-order chi connectivity index (χ0) is 10.3. The molecule has 1 atom stereocenters. The van der Waals surface area contributed by atoms with Crippen molar-refractivity contribution in [3.8, 4) is 0 Å². The van der Waals surface area contributed by atoms with Gasteiger partial charge in [-0.05, 0) is 0 Å². The standard InChI is InChI=1S/C5H2Cl6N2/c6-2-1-12-5(11,4(8,9)10)13-3(2)7/h1,13H. The van der Waals surface area contributed by atoms with Crippen LogP contribution in [0.15, 0.2) is 15.2 Å². The Bertz CT molecular complexity index is 279. The number of nitrogens with one attached hydrogen (secondary N) is 1. The van der Waals surface area contributed by atoms with Gasteiger partial charge in [0.1, 0.15) is 5.16 Å². The number of hydrogen-bond acceptors (Lipinski definition) is 2. The molecule has 8 heteroatoms. The highest BCUT2D eigenvalue weighted by atomic mass is 35.6. The fraction of sp³-hybridized carbons (Fsp3) is 0.400. The van der Waals surface area contributed by atoms with Crippen molar-refractivity contribution in [2.24, 2.45) is 4.99 Å². The SMILES string of the molecule is ClC1=C(Cl)NC(Cl)(C(Cl)(Cl)Cl)N=C1. The molecule has 1 heterocycles. The van der Waals surface area contributed by atoms with Crippen LogP contribution in [-0.4, -0.2) is 15.1 Å². The van der Waals surface area contributed by atoms with Gasteiger partial charge in [-0.25, -0.2) is 4.99 Å². The van der Waals surface area contributed by atoms with Gasteiger partial charge in [0.25, 0.3) is 5.12 Å². The normalized spacial score (nSPS) is 29.1. The molecular formula is C5H2Cl6N2. The van der Waals surface area contributed by atoms with Crippen LogP contribution in [0.2, 0.25) is 0 Å². The van der Waals surface area contributed by atoms with Crippen molar-refractivity contribution in [3.05, 3.63) is 10.2 Å². The summed E-state index contributed by atoms with van der Waals surface area (Å²) in [5, 5.41) is 1.13. The maximum absolute atomic E-state index is 5.83. The highest BCUT2D eigenvalue weighted by Crippen LogP contribution is 2.44. The maximum Gasteiger partial charge on any atom is 0.254 e. The minimum Gasteiger partial charge on any atom is -0.334 e. The van der Waals surface area contributed by atoms with Crippen molar-refractivity contribution < 1.29 is 0 Å². The molecule has 0 aromatic heterocycles. The third-order valence-corrected chi connectivity index (χ3v) is 3.48. The molecule has 0 saturated heterocycles. The minimum absolute atomic E-state index is 0.0815. The van der Waals surface area contributed by atoms with E-state index >= 15 is 0 Å². The first kappa shape index (κ1) is 12.0. The number of hydrogen-bond donors (Lipinski definition) is 1. The highest BCUT2D eigenvalue weighted by molar-refractivity contribution is 6.71. The van der Waals surface area contributed by atoms with Gasteiger partial charge in [-0.3, -0.25) is 0 Å². The Morgan fingerprint density at radius 2 is 1.85 bits per heavy atom. The van der Waals surface area contributed by atoms with E-state index in [1.807, 2.05) is 0 Å². The van der Waals surface area contributed by atoms with E-state index in [0.717, 1.165) is 0 Å². The average Bonchev–Trinajstić information content (AvgIpc) is 1.95. The molecule has 0 amide bonds. The van der Waals surface area contributed by atoms with E-state index in [1.54, 1.807) is 0 Å². The first-order valence-electron chi connectivity index (χ1n) is 2.90. The fourth-order valence-corrected chi connectivity index (χ4v) is 1.35. The Labute approximate surface area is 105 Å². The molecule has 0 aromatic rings. The molecule has 1 N–H and O–H groups in total. The second kappa shape index (κ2) is 3.84. The van der Waals surface area contributed by atoms with Crippen molar-refractivity contribution in [2.45, 2.75) is 8.91 Å². The summed E-state index contributed by atoms with van der Waals surface area (Å²) < 4.78 is -1.83. The molecule has 0 bridgehead atoms. The quantitative estimate of drug-likeness (QED) is 0.537. The highest BCUT2D eigenvalue weighted by Gasteiger charge is 2.49. The van der Waals surface area contributed by atoms with Gasteiger partial charge < -0.3 is 5.32 Å². The smallest absolute Gasteiger partial charge is 0.254 e. The predicted octanol–water partition coefficient (Wildman–Crippen LogP) is 3.57. The van der Waals surface area contributed by atoms with Crippen molar-refractivity contribution in [1.82, 2.24) is 5.32 Å². The number of nitrogens with zero attached hydrogens (tertiary/aromatic N) is 1. The third kappa shape index (κ3) is 2.49. The van der Waals surface area contributed by atoms with E-state index in [0.29, 0.717) is 0 Å². The van der Waals surface area contributed by atoms with Crippen LogP contribution in [0.4, 0.5) is 0 Å². The lowest BCUT2D eigenvalue weighted by atomic mass is 10.4. The van der Waals surface area contributed by atoms with Crippen molar-refractivity contribution in [2.75, 3.05) is 0 Å². The van der Waals surface area contributed by atoms with E-state index in [4.69, 9.17) is 69.6 Å². The topological polar surface area (TPSA) is 24.4 Å². The lowest BCUT2D eigenvalue weighted by Crippen LogP contribution is -2.49. The lowest BCUT2D eigenvalue weighted by Gasteiger charge is -2.33. The Kier molecular flexibility index (Phi) is 3.55. The molecule has 0 aliphatic carbocycles. The molecule has 0 fully saturated rings. The zero-order valence-electron chi connectivity index (χ0n) is 5.79. The number of aliphatic imine (C=N–C) groups is 1. The summed E-state index contributed by atoms with van der Waals surface area (Å²) in [5.74, 6) is 0. The maximum atomic E-state index is 5.83. The summed E-state index contributed by atoms with van der Waals surface area (Å²) in [6.45, 7) is 0. The van der Waals surface area contributed by atoms with Crippen LogP contribution in [0.1, 0.15) is 0 Å². The minimum atomic E-state index is -1.83. The fourth-order valence-electron chi connectivity index (χ4n) is 0.584. The second-order valence-corrected chi connectivity index (χ2v) is 5.78. The monoisotopic (exact) mass is 300 g/mol. The van der Waals surface area contributed by atoms with Gasteiger partial charge in [-0.1, -0.05) is 69.6 Å². The van der Waals surface area contributed by atoms with Gasteiger partial charge in [0, 0.05) is 6.21 Å². The first-order valence-corrected chi connectivity index (χ1v) is 5.17. The Hall–Kier alpha value is 0.950. The molecule has 0 saturated carbocycles. The Balaban J connectivity index is 2.97. The lowest BCUT2D eigenvalue weighted by molar-refractivity contribution is 0.543. The Morgan fingerprint density at radius 3 is 2.23 bits per heavy atom. The van der Waals surface area contributed by atoms with Crippen molar-refractivity contribution in [3.63, 3.8) is 0 Å². The summed E-state index contributed by atoms with van der Waals surface area (Å²) in [6, 6.07) is 0. The number of halogens is 6.